The average molecular weight is 225 g/mol. The number of carbonyl (C=O) groups is 1. The van der Waals surface area contributed by atoms with Crippen LogP contribution in [0.1, 0.15) is 45.4 Å². The van der Waals surface area contributed by atoms with Gasteiger partial charge in [-0.25, -0.2) is 0 Å². The average Bonchev–Trinajstić information content (AvgIpc) is 2.81. The summed E-state index contributed by atoms with van der Waals surface area (Å²) in [5.41, 5.74) is 0. The highest BCUT2D eigenvalue weighted by Crippen LogP contribution is 2.28. The quantitative estimate of drug-likeness (QED) is 0.721. The van der Waals surface area contributed by atoms with Crippen molar-refractivity contribution in [3.63, 3.8) is 0 Å². The van der Waals surface area contributed by atoms with Crippen molar-refractivity contribution in [2.75, 3.05) is 13.7 Å². The summed E-state index contributed by atoms with van der Waals surface area (Å²) in [5, 5.41) is 0. The van der Waals surface area contributed by atoms with Gasteiger partial charge in [-0.1, -0.05) is 19.8 Å². The van der Waals surface area contributed by atoms with E-state index in [9.17, 15) is 4.79 Å². The molecule has 1 heterocycles. The van der Waals surface area contributed by atoms with E-state index in [0.717, 1.165) is 25.9 Å². The molecule has 2 rings (SSSR count). The fraction of sp³-hybridized carbons (Fsp3) is 0.923. The Bertz CT molecular complexity index is 248. The second-order valence-electron chi connectivity index (χ2n) is 5.28. The van der Waals surface area contributed by atoms with Gasteiger partial charge in [-0.2, -0.15) is 0 Å². The molecule has 3 unspecified atom stereocenters. The molecule has 1 amide bonds. The molecule has 1 aliphatic heterocycles. The van der Waals surface area contributed by atoms with Crippen molar-refractivity contribution in [1.29, 1.82) is 0 Å². The Morgan fingerprint density at radius 1 is 1.19 bits per heavy atom. The van der Waals surface area contributed by atoms with E-state index in [-0.39, 0.29) is 12.0 Å². The van der Waals surface area contributed by atoms with Gasteiger partial charge in [0.25, 0.3) is 5.91 Å². The van der Waals surface area contributed by atoms with Gasteiger partial charge in [-0.15, -0.1) is 0 Å². The van der Waals surface area contributed by atoms with Crippen molar-refractivity contribution >= 4 is 5.91 Å². The lowest BCUT2D eigenvalue weighted by molar-refractivity contribution is -0.143. The van der Waals surface area contributed by atoms with E-state index < -0.39 is 0 Å². The smallest absolute Gasteiger partial charge is 0.251 e. The van der Waals surface area contributed by atoms with E-state index in [0.29, 0.717) is 12.0 Å². The number of likely N-dealkylation sites (N-methyl/N-ethyl adjacent to an activating group) is 1. The molecular formula is C13H23NO2. The van der Waals surface area contributed by atoms with E-state index >= 15 is 0 Å². The summed E-state index contributed by atoms with van der Waals surface area (Å²) in [5.74, 6) is 0.848. The molecule has 1 saturated carbocycles. The first-order valence-electron chi connectivity index (χ1n) is 6.58. The monoisotopic (exact) mass is 225 g/mol. The first kappa shape index (κ1) is 11.9. The minimum absolute atomic E-state index is 0.154. The maximum absolute atomic E-state index is 12.2. The molecule has 92 valence electrons. The maximum atomic E-state index is 12.2. The molecule has 0 aromatic carbocycles. The molecule has 16 heavy (non-hydrogen) atoms. The van der Waals surface area contributed by atoms with Crippen molar-refractivity contribution < 1.29 is 9.53 Å². The van der Waals surface area contributed by atoms with E-state index in [4.69, 9.17) is 4.74 Å². The minimum atomic E-state index is -0.154. The molecule has 0 spiro atoms. The predicted octanol–water partition coefficient (Wildman–Crippen LogP) is 2.20. The Morgan fingerprint density at radius 3 is 2.56 bits per heavy atom. The van der Waals surface area contributed by atoms with Crippen molar-refractivity contribution in [2.45, 2.75) is 57.6 Å². The molecule has 2 fully saturated rings. The van der Waals surface area contributed by atoms with Crippen molar-refractivity contribution in [3.05, 3.63) is 0 Å². The lowest BCUT2D eigenvalue weighted by atomic mass is 9.85. The predicted molar refractivity (Wildman–Crippen MR) is 63.2 cm³/mol. The fourth-order valence-electron chi connectivity index (χ4n) is 3.04. The van der Waals surface area contributed by atoms with Crippen LogP contribution in [0.3, 0.4) is 0 Å². The largest absolute Gasteiger partial charge is 0.368 e. The van der Waals surface area contributed by atoms with Gasteiger partial charge >= 0.3 is 0 Å². The van der Waals surface area contributed by atoms with Gasteiger partial charge in [0.1, 0.15) is 6.10 Å². The number of ether oxygens (including phenoxy) is 1. The van der Waals surface area contributed by atoms with Crippen molar-refractivity contribution in [3.8, 4) is 0 Å². The molecule has 1 aliphatic carbocycles. The van der Waals surface area contributed by atoms with Gasteiger partial charge in [0, 0.05) is 19.7 Å². The molecule has 1 saturated heterocycles. The molecule has 0 radical (unpaired) electrons. The van der Waals surface area contributed by atoms with Crippen LogP contribution in [0, 0.1) is 5.92 Å². The molecule has 3 heteroatoms. The highest BCUT2D eigenvalue weighted by Gasteiger charge is 2.33. The van der Waals surface area contributed by atoms with Crippen LogP contribution in [0.2, 0.25) is 0 Å². The molecule has 3 nitrogen and oxygen atoms in total. The Labute approximate surface area is 98.1 Å². The Morgan fingerprint density at radius 2 is 1.94 bits per heavy atom. The summed E-state index contributed by atoms with van der Waals surface area (Å²) >= 11 is 0. The van der Waals surface area contributed by atoms with E-state index in [2.05, 4.69) is 6.92 Å². The number of rotatable bonds is 2. The topological polar surface area (TPSA) is 29.5 Å². The van der Waals surface area contributed by atoms with Crippen LogP contribution in [0.4, 0.5) is 0 Å². The van der Waals surface area contributed by atoms with Crippen molar-refractivity contribution in [2.24, 2.45) is 5.92 Å². The first-order chi connectivity index (χ1) is 7.70. The third-order valence-corrected chi connectivity index (χ3v) is 4.12. The van der Waals surface area contributed by atoms with Crippen LogP contribution in [-0.2, 0) is 9.53 Å². The summed E-state index contributed by atoms with van der Waals surface area (Å²) in [7, 11) is 1.95. The van der Waals surface area contributed by atoms with E-state index in [1.807, 2.05) is 11.9 Å². The molecule has 0 aromatic rings. The number of amides is 1. The Hall–Kier alpha value is -0.570. The van der Waals surface area contributed by atoms with Gasteiger partial charge in [0.15, 0.2) is 0 Å². The van der Waals surface area contributed by atoms with Crippen LogP contribution in [-0.4, -0.2) is 36.6 Å². The van der Waals surface area contributed by atoms with E-state index in [1.165, 1.54) is 19.3 Å². The summed E-state index contributed by atoms with van der Waals surface area (Å²) in [4.78, 5) is 14.1. The normalized spacial score (nSPS) is 35.0. The lowest BCUT2D eigenvalue weighted by Crippen LogP contribution is -2.46. The van der Waals surface area contributed by atoms with Gasteiger partial charge in [-0.3, -0.25) is 4.79 Å². The second kappa shape index (κ2) is 5.17. The number of hydrogen-bond acceptors (Lipinski definition) is 2. The van der Waals surface area contributed by atoms with Gasteiger partial charge in [0.2, 0.25) is 0 Å². The standard InChI is InChI=1S/C13H23NO2/c1-10-6-3-4-7-11(10)14(2)13(15)12-8-5-9-16-12/h10-12H,3-9H2,1-2H3. The third-order valence-electron chi connectivity index (χ3n) is 4.12. The van der Waals surface area contributed by atoms with Crippen LogP contribution in [0.25, 0.3) is 0 Å². The first-order valence-corrected chi connectivity index (χ1v) is 6.58. The zero-order valence-electron chi connectivity index (χ0n) is 10.4. The zero-order valence-corrected chi connectivity index (χ0v) is 10.4. The molecule has 2 aliphatic rings. The molecule has 3 atom stereocenters. The van der Waals surface area contributed by atoms with Gasteiger partial charge in [-0.05, 0) is 31.6 Å². The number of hydrogen-bond donors (Lipinski definition) is 0. The third kappa shape index (κ3) is 2.40. The van der Waals surface area contributed by atoms with Crippen molar-refractivity contribution in [1.82, 2.24) is 4.90 Å². The SMILES string of the molecule is CC1CCCCC1N(C)C(=O)C1CCCO1. The lowest BCUT2D eigenvalue weighted by Gasteiger charge is -2.37. The molecular weight excluding hydrogens is 202 g/mol. The van der Waals surface area contributed by atoms with E-state index in [1.54, 1.807) is 0 Å². The van der Waals surface area contributed by atoms with Gasteiger partial charge in [0.05, 0.1) is 0 Å². The highest BCUT2D eigenvalue weighted by molar-refractivity contribution is 5.81. The summed E-state index contributed by atoms with van der Waals surface area (Å²) in [6, 6.07) is 0.436. The number of nitrogens with zero attached hydrogens (tertiary/aromatic N) is 1. The molecule has 0 N–H and O–H groups in total. The second-order valence-corrected chi connectivity index (χ2v) is 5.28. The highest BCUT2D eigenvalue weighted by atomic mass is 16.5. The van der Waals surface area contributed by atoms with Crippen LogP contribution < -0.4 is 0 Å². The Balaban J connectivity index is 1.94. The van der Waals surface area contributed by atoms with Gasteiger partial charge < -0.3 is 9.64 Å². The minimum Gasteiger partial charge on any atom is -0.368 e. The summed E-state index contributed by atoms with van der Waals surface area (Å²) in [6.45, 7) is 3.02. The molecule has 0 aromatic heterocycles. The maximum Gasteiger partial charge on any atom is 0.251 e. The van der Waals surface area contributed by atoms with Crippen LogP contribution in [0.5, 0.6) is 0 Å². The number of carbonyl (C=O) groups excluding carboxylic acids is 1. The summed E-state index contributed by atoms with van der Waals surface area (Å²) in [6.07, 6.45) is 6.79. The van der Waals surface area contributed by atoms with Crippen LogP contribution >= 0.6 is 0 Å². The fourth-order valence-corrected chi connectivity index (χ4v) is 3.04. The Kier molecular flexibility index (Phi) is 3.85. The molecule has 0 bridgehead atoms. The summed E-state index contributed by atoms with van der Waals surface area (Å²) < 4.78 is 5.47. The zero-order chi connectivity index (χ0) is 11.5. The van der Waals surface area contributed by atoms with Crippen LogP contribution in [0.15, 0.2) is 0 Å².